The molecule has 19 heavy (non-hydrogen) atoms. The van der Waals surface area contributed by atoms with Gasteiger partial charge in [0.05, 0.1) is 12.7 Å². The highest BCUT2D eigenvalue weighted by Crippen LogP contribution is 2.23. The molecule has 0 fully saturated rings. The van der Waals surface area contributed by atoms with Gasteiger partial charge in [-0.2, -0.15) is 0 Å². The quantitative estimate of drug-likeness (QED) is 0.785. The van der Waals surface area contributed by atoms with E-state index in [0.717, 1.165) is 11.1 Å². The summed E-state index contributed by atoms with van der Waals surface area (Å²) in [6.45, 7) is 3.80. The van der Waals surface area contributed by atoms with E-state index < -0.39 is 5.82 Å². The van der Waals surface area contributed by atoms with Gasteiger partial charge in [-0.25, -0.2) is 4.39 Å². The van der Waals surface area contributed by atoms with Crippen molar-refractivity contribution in [2.75, 3.05) is 7.11 Å². The van der Waals surface area contributed by atoms with Crippen LogP contribution in [0.15, 0.2) is 36.4 Å². The van der Waals surface area contributed by atoms with Crippen LogP contribution in [0.3, 0.4) is 0 Å². The van der Waals surface area contributed by atoms with Crippen LogP contribution in [0.5, 0.6) is 5.75 Å². The lowest BCUT2D eigenvalue weighted by atomic mass is 9.97. The van der Waals surface area contributed by atoms with Crippen molar-refractivity contribution in [1.82, 2.24) is 0 Å². The number of rotatable bonds is 3. The Balaban J connectivity index is 2.50. The monoisotopic (exact) mass is 258 g/mol. The van der Waals surface area contributed by atoms with Gasteiger partial charge < -0.3 is 4.74 Å². The Hall–Kier alpha value is -2.16. The van der Waals surface area contributed by atoms with Crippen LogP contribution >= 0.6 is 0 Å². The van der Waals surface area contributed by atoms with Gasteiger partial charge in [-0.1, -0.05) is 29.8 Å². The van der Waals surface area contributed by atoms with Crippen LogP contribution in [-0.4, -0.2) is 12.9 Å². The van der Waals surface area contributed by atoms with Crippen molar-refractivity contribution in [2.24, 2.45) is 0 Å². The number of carbonyl (C=O) groups is 1. The van der Waals surface area contributed by atoms with Crippen LogP contribution < -0.4 is 4.74 Å². The van der Waals surface area contributed by atoms with E-state index >= 15 is 0 Å². The smallest absolute Gasteiger partial charge is 0.196 e. The van der Waals surface area contributed by atoms with Crippen LogP contribution in [-0.2, 0) is 0 Å². The third kappa shape index (κ3) is 2.50. The van der Waals surface area contributed by atoms with E-state index in [0.29, 0.717) is 5.56 Å². The normalized spacial score (nSPS) is 10.3. The zero-order chi connectivity index (χ0) is 14.0. The molecule has 0 amide bonds. The number of halogens is 1. The molecule has 2 aromatic rings. The molecule has 0 atom stereocenters. The molecule has 0 aliphatic heterocycles. The fraction of sp³-hybridized carbons (Fsp3) is 0.188. The first-order valence-corrected chi connectivity index (χ1v) is 5.99. The van der Waals surface area contributed by atoms with E-state index in [4.69, 9.17) is 4.74 Å². The Labute approximate surface area is 111 Å². The molecule has 0 aromatic heterocycles. The average molecular weight is 258 g/mol. The topological polar surface area (TPSA) is 26.3 Å². The molecule has 0 bridgehead atoms. The lowest BCUT2D eigenvalue weighted by Gasteiger charge is -2.09. The number of hydrogen-bond donors (Lipinski definition) is 0. The zero-order valence-corrected chi connectivity index (χ0v) is 11.2. The molecule has 0 aliphatic rings. The summed E-state index contributed by atoms with van der Waals surface area (Å²) in [5.41, 5.74) is 2.46. The number of carbonyl (C=O) groups excluding carboxylic acids is 1. The van der Waals surface area contributed by atoms with Gasteiger partial charge in [0.15, 0.2) is 17.3 Å². The minimum atomic E-state index is -0.616. The molecule has 0 spiro atoms. The summed E-state index contributed by atoms with van der Waals surface area (Å²) in [4.78, 5) is 12.4. The standard InChI is InChI=1S/C16H15FO2/c1-10-7-8-12(11(2)9-10)16(18)13-5-4-6-14(19-3)15(13)17/h4-9H,1-3H3. The Kier molecular flexibility index (Phi) is 3.65. The highest BCUT2D eigenvalue weighted by Gasteiger charge is 2.18. The second kappa shape index (κ2) is 5.22. The summed E-state index contributed by atoms with van der Waals surface area (Å²) in [7, 11) is 1.38. The molecule has 0 heterocycles. The first-order valence-electron chi connectivity index (χ1n) is 5.99. The van der Waals surface area contributed by atoms with E-state index in [9.17, 15) is 9.18 Å². The minimum absolute atomic E-state index is 0.0336. The van der Waals surface area contributed by atoms with Gasteiger partial charge in [0, 0.05) is 5.56 Å². The molecule has 0 N–H and O–H groups in total. The average Bonchev–Trinajstić information content (AvgIpc) is 2.38. The molecule has 2 nitrogen and oxygen atoms in total. The van der Waals surface area contributed by atoms with Crippen molar-refractivity contribution in [2.45, 2.75) is 13.8 Å². The lowest BCUT2D eigenvalue weighted by Crippen LogP contribution is -2.07. The van der Waals surface area contributed by atoms with Crippen molar-refractivity contribution in [1.29, 1.82) is 0 Å². The Morgan fingerprint density at radius 2 is 1.84 bits per heavy atom. The third-order valence-corrected chi connectivity index (χ3v) is 3.05. The number of hydrogen-bond acceptors (Lipinski definition) is 2. The van der Waals surface area contributed by atoms with Crippen LogP contribution in [0, 0.1) is 19.7 Å². The van der Waals surface area contributed by atoms with Crippen molar-refractivity contribution in [3.8, 4) is 5.75 Å². The second-order valence-electron chi connectivity index (χ2n) is 4.47. The summed E-state index contributed by atoms with van der Waals surface area (Å²) >= 11 is 0. The lowest BCUT2D eigenvalue weighted by molar-refractivity contribution is 0.103. The molecular formula is C16H15FO2. The number of benzene rings is 2. The SMILES string of the molecule is COc1cccc(C(=O)c2ccc(C)cc2C)c1F. The summed E-state index contributed by atoms with van der Waals surface area (Å²) < 4.78 is 19.0. The van der Waals surface area contributed by atoms with Gasteiger partial charge in [0.2, 0.25) is 0 Å². The highest BCUT2D eigenvalue weighted by molar-refractivity contribution is 6.10. The van der Waals surface area contributed by atoms with Gasteiger partial charge in [0.1, 0.15) is 0 Å². The second-order valence-corrected chi connectivity index (χ2v) is 4.47. The van der Waals surface area contributed by atoms with Crippen molar-refractivity contribution in [3.63, 3.8) is 0 Å². The maximum atomic E-state index is 14.1. The summed E-state index contributed by atoms with van der Waals surface area (Å²) in [5, 5.41) is 0. The van der Waals surface area contributed by atoms with Gasteiger partial charge in [-0.15, -0.1) is 0 Å². The van der Waals surface area contributed by atoms with Crippen LogP contribution in [0.2, 0.25) is 0 Å². The van der Waals surface area contributed by atoms with Crippen LogP contribution in [0.1, 0.15) is 27.0 Å². The Morgan fingerprint density at radius 3 is 2.47 bits per heavy atom. The fourth-order valence-electron chi connectivity index (χ4n) is 2.06. The fourth-order valence-corrected chi connectivity index (χ4v) is 2.06. The molecule has 0 saturated carbocycles. The van der Waals surface area contributed by atoms with Crippen LogP contribution in [0.25, 0.3) is 0 Å². The van der Waals surface area contributed by atoms with Gasteiger partial charge >= 0.3 is 0 Å². The Bertz CT molecular complexity index is 633. The minimum Gasteiger partial charge on any atom is -0.494 e. The number of methoxy groups -OCH3 is 1. The van der Waals surface area contributed by atoms with Gasteiger partial charge in [0.25, 0.3) is 0 Å². The van der Waals surface area contributed by atoms with Crippen molar-refractivity contribution in [3.05, 3.63) is 64.5 Å². The van der Waals surface area contributed by atoms with E-state index in [1.54, 1.807) is 12.1 Å². The molecule has 3 heteroatoms. The van der Waals surface area contributed by atoms with E-state index in [-0.39, 0.29) is 17.1 Å². The molecule has 0 aliphatic carbocycles. The predicted molar refractivity (Wildman–Crippen MR) is 72.3 cm³/mol. The zero-order valence-electron chi connectivity index (χ0n) is 11.2. The molecule has 0 saturated heterocycles. The van der Waals surface area contributed by atoms with Crippen molar-refractivity contribution < 1.29 is 13.9 Å². The summed E-state index contributed by atoms with van der Waals surface area (Å²) in [6, 6.07) is 10.1. The number of ether oxygens (including phenoxy) is 1. The largest absolute Gasteiger partial charge is 0.494 e. The van der Waals surface area contributed by atoms with Crippen LogP contribution in [0.4, 0.5) is 4.39 Å². The number of aryl methyl sites for hydroxylation is 2. The van der Waals surface area contributed by atoms with E-state index in [1.807, 2.05) is 26.0 Å². The maximum absolute atomic E-state index is 14.1. The van der Waals surface area contributed by atoms with E-state index in [2.05, 4.69) is 0 Å². The van der Waals surface area contributed by atoms with Crippen molar-refractivity contribution >= 4 is 5.78 Å². The molecule has 0 radical (unpaired) electrons. The first-order chi connectivity index (χ1) is 9.04. The number of ketones is 1. The summed E-state index contributed by atoms with van der Waals surface area (Å²) in [6.07, 6.45) is 0. The molecule has 98 valence electrons. The maximum Gasteiger partial charge on any atom is 0.196 e. The molecule has 2 aromatic carbocycles. The molecule has 0 unspecified atom stereocenters. The van der Waals surface area contributed by atoms with E-state index in [1.165, 1.54) is 19.2 Å². The highest BCUT2D eigenvalue weighted by atomic mass is 19.1. The molecule has 2 rings (SSSR count). The predicted octanol–water partition coefficient (Wildman–Crippen LogP) is 3.68. The first kappa shape index (κ1) is 13.3. The van der Waals surface area contributed by atoms with Gasteiger partial charge in [-0.3, -0.25) is 4.79 Å². The molecular weight excluding hydrogens is 243 g/mol. The van der Waals surface area contributed by atoms with Gasteiger partial charge in [-0.05, 0) is 31.5 Å². The Morgan fingerprint density at radius 1 is 1.11 bits per heavy atom. The summed E-state index contributed by atoms with van der Waals surface area (Å²) in [5.74, 6) is -0.862. The third-order valence-electron chi connectivity index (χ3n) is 3.05.